The first-order valence-electron chi connectivity index (χ1n) is 9.33. The van der Waals surface area contributed by atoms with Gasteiger partial charge in [-0.3, -0.25) is 19.6 Å². The number of alkyl halides is 1. The molecule has 31 heavy (non-hydrogen) atoms. The second-order valence-corrected chi connectivity index (χ2v) is 9.00. The van der Waals surface area contributed by atoms with E-state index < -0.39 is 21.1 Å². The number of halogens is 1. The molecule has 0 bridgehead atoms. The van der Waals surface area contributed by atoms with Crippen molar-refractivity contribution in [1.29, 1.82) is 0 Å². The summed E-state index contributed by atoms with van der Waals surface area (Å²) in [5.74, 6) is -1.64. The van der Waals surface area contributed by atoms with Gasteiger partial charge in [0.2, 0.25) is 11.8 Å². The minimum Gasteiger partial charge on any atom is -0.324 e. The Labute approximate surface area is 193 Å². The molecule has 1 unspecified atom stereocenters. The number of para-hydroxylation sites is 1. The molecule has 0 heterocycles. The molecule has 0 fully saturated rings. The fourth-order valence-corrected chi connectivity index (χ4v) is 3.13. The molecule has 7 nitrogen and oxygen atoms in total. The molecule has 3 rings (SSSR count). The summed E-state index contributed by atoms with van der Waals surface area (Å²) in [7, 11) is 0. The van der Waals surface area contributed by atoms with Crippen molar-refractivity contribution in [2.24, 2.45) is 0 Å². The second-order valence-electron chi connectivity index (χ2n) is 6.84. The first-order chi connectivity index (χ1) is 14.8. The van der Waals surface area contributed by atoms with Crippen LogP contribution in [-0.4, -0.2) is 26.4 Å². The van der Waals surface area contributed by atoms with Gasteiger partial charge >= 0.3 is 0 Å². The summed E-state index contributed by atoms with van der Waals surface area (Å²) < 4.78 is -1.39. The SMILES string of the molecule is CC(I)(C(=O)Nc1ccccc1)C(=O)Nc1ccc(C(=O)NO)c(-c2ccccc2)c1. The maximum Gasteiger partial charge on any atom is 0.275 e. The summed E-state index contributed by atoms with van der Waals surface area (Å²) in [6.07, 6.45) is 0. The molecule has 3 aromatic carbocycles. The van der Waals surface area contributed by atoms with E-state index in [9.17, 15) is 14.4 Å². The lowest BCUT2D eigenvalue weighted by Gasteiger charge is -2.21. The van der Waals surface area contributed by atoms with Crippen LogP contribution in [0.25, 0.3) is 11.1 Å². The molecular formula is C23H20IN3O4. The van der Waals surface area contributed by atoms with Crippen molar-refractivity contribution >= 4 is 51.7 Å². The van der Waals surface area contributed by atoms with Crippen LogP contribution in [0.1, 0.15) is 17.3 Å². The largest absolute Gasteiger partial charge is 0.324 e. The Morgan fingerprint density at radius 3 is 1.94 bits per heavy atom. The van der Waals surface area contributed by atoms with Crippen LogP contribution < -0.4 is 16.1 Å². The van der Waals surface area contributed by atoms with Gasteiger partial charge in [0.15, 0.2) is 3.42 Å². The van der Waals surface area contributed by atoms with Crippen molar-refractivity contribution in [1.82, 2.24) is 5.48 Å². The van der Waals surface area contributed by atoms with Crippen molar-refractivity contribution in [3.8, 4) is 11.1 Å². The predicted molar refractivity (Wildman–Crippen MR) is 127 cm³/mol. The van der Waals surface area contributed by atoms with E-state index in [1.54, 1.807) is 58.4 Å². The Balaban J connectivity index is 1.85. The number of hydrogen-bond donors (Lipinski definition) is 4. The number of anilines is 2. The van der Waals surface area contributed by atoms with Gasteiger partial charge in [-0.15, -0.1) is 0 Å². The molecule has 0 saturated heterocycles. The molecular weight excluding hydrogens is 509 g/mol. The van der Waals surface area contributed by atoms with Crippen LogP contribution in [0.3, 0.4) is 0 Å². The third-order valence-corrected chi connectivity index (χ3v) is 5.57. The molecule has 1 atom stereocenters. The van der Waals surface area contributed by atoms with Crippen LogP contribution in [0.4, 0.5) is 11.4 Å². The van der Waals surface area contributed by atoms with Gasteiger partial charge in [0.25, 0.3) is 5.91 Å². The van der Waals surface area contributed by atoms with E-state index in [1.165, 1.54) is 19.1 Å². The summed E-state index contributed by atoms with van der Waals surface area (Å²) >= 11 is 1.80. The van der Waals surface area contributed by atoms with Crippen molar-refractivity contribution in [2.45, 2.75) is 10.3 Å². The van der Waals surface area contributed by atoms with Crippen molar-refractivity contribution < 1.29 is 19.6 Å². The van der Waals surface area contributed by atoms with Crippen LogP contribution in [0, 0.1) is 0 Å². The summed E-state index contributed by atoms with van der Waals surface area (Å²) in [6.45, 7) is 1.52. The quantitative estimate of drug-likeness (QED) is 0.126. The van der Waals surface area contributed by atoms with E-state index in [0.717, 1.165) is 5.56 Å². The van der Waals surface area contributed by atoms with Crippen LogP contribution >= 0.6 is 22.6 Å². The van der Waals surface area contributed by atoms with Crippen molar-refractivity contribution in [3.63, 3.8) is 0 Å². The summed E-state index contributed by atoms with van der Waals surface area (Å²) in [4.78, 5) is 37.6. The van der Waals surface area contributed by atoms with Gasteiger partial charge in [-0.1, -0.05) is 71.1 Å². The lowest BCUT2D eigenvalue weighted by molar-refractivity contribution is -0.125. The lowest BCUT2D eigenvalue weighted by Crippen LogP contribution is -2.45. The molecule has 0 radical (unpaired) electrons. The van der Waals surface area contributed by atoms with Crippen LogP contribution in [0.5, 0.6) is 0 Å². The summed E-state index contributed by atoms with van der Waals surface area (Å²) in [5.41, 5.74) is 4.13. The standard InChI is InChI=1S/C23H20IN3O4/c1-23(24,21(29)25-16-10-6-3-7-11-16)22(30)26-17-12-13-18(20(28)27-31)19(14-17)15-8-4-2-5-9-15/h2-14,31H,1H3,(H,25,29)(H,26,30)(H,27,28). The maximum absolute atomic E-state index is 12.9. The molecule has 0 saturated carbocycles. The van der Waals surface area contributed by atoms with Gasteiger partial charge in [-0.2, -0.15) is 0 Å². The summed E-state index contributed by atoms with van der Waals surface area (Å²) in [5, 5.41) is 14.5. The van der Waals surface area contributed by atoms with Gasteiger partial charge in [0.05, 0.1) is 0 Å². The van der Waals surface area contributed by atoms with E-state index in [0.29, 0.717) is 16.9 Å². The van der Waals surface area contributed by atoms with E-state index >= 15 is 0 Å². The number of carbonyl (C=O) groups excluding carboxylic acids is 3. The molecule has 0 aliphatic rings. The van der Waals surface area contributed by atoms with E-state index in [1.807, 2.05) is 36.4 Å². The molecule has 158 valence electrons. The number of benzene rings is 3. The van der Waals surface area contributed by atoms with Gasteiger partial charge in [0.1, 0.15) is 0 Å². The van der Waals surface area contributed by atoms with Gasteiger partial charge in [-0.05, 0) is 48.4 Å². The average Bonchev–Trinajstić information content (AvgIpc) is 2.79. The Morgan fingerprint density at radius 1 is 0.806 bits per heavy atom. The number of carbonyl (C=O) groups is 3. The van der Waals surface area contributed by atoms with Crippen LogP contribution in [-0.2, 0) is 9.59 Å². The minimum absolute atomic E-state index is 0.241. The third kappa shape index (κ3) is 5.28. The zero-order valence-electron chi connectivity index (χ0n) is 16.6. The Bertz CT molecular complexity index is 1100. The third-order valence-electron chi connectivity index (χ3n) is 4.59. The van der Waals surface area contributed by atoms with E-state index in [-0.39, 0.29) is 5.56 Å². The monoisotopic (exact) mass is 529 g/mol. The molecule has 0 spiro atoms. The smallest absolute Gasteiger partial charge is 0.275 e. The molecule has 3 aromatic rings. The number of amides is 3. The topological polar surface area (TPSA) is 108 Å². The zero-order chi connectivity index (χ0) is 22.4. The van der Waals surface area contributed by atoms with E-state index in [4.69, 9.17) is 5.21 Å². The number of nitrogens with one attached hydrogen (secondary N) is 3. The summed E-state index contributed by atoms with van der Waals surface area (Å²) in [6, 6.07) is 22.6. The highest BCUT2D eigenvalue weighted by molar-refractivity contribution is 14.1. The number of rotatable bonds is 6. The minimum atomic E-state index is -1.39. The van der Waals surface area contributed by atoms with Crippen LogP contribution in [0.2, 0.25) is 0 Å². The van der Waals surface area contributed by atoms with Gasteiger partial charge in [-0.25, -0.2) is 5.48 Å². The number of hydroxylamine groups is 1. The molecule has 3 amide bonds. The van der Waals surface area contributed by atoms with Crippen molar-refractivity contribution in [2.75, 3.05) is 10.6 Å². The fraction of sp³-hybridized carbons (Fsp3) is 0.0870. The molecule has 0 aromatic heterocycles. The predicted octanol–water partition coefficient (Wildman–Crippen LogP) is 4.24. The fourth-order valence-electron chi connectivity index (χ4n) is 2.86. The second kappa shape index (κ2) is 9.71. The Hall–Kier alpha value is -3.24. The highest BCUT2D eigenvalue weighted by Crippen LogP contribution is 2.29. The molecule has 4 N–H and O–H groups in total. The maximum atomic E-state index is 12.9. The first kappa shape index (κ1) is 22.4. The zero-order valence-corrected chi connectivity index (χ0v) is 18.7. The van der Waals surface area contributed by atoms with Gasteiger partial charge in [0, 0.05) is 16.9 Å². The van der Waals surface area contributed by atoms with Crippen molar-refractivity contribution in [3.05, 3.63) is 84.4 Å². The molecule has 0 aliphatic heterocycles. The highest BCUT2D eigenvalue weighted by Gasteiger charge is 2.38. The van der Waals surface area contributed by atoms with E-state index in [2.05, 4.69) is 10.6 Å². The molecule has 8 heteroatoms. The van der Waals surface area contributed by atoms with Crippen LogP contribution in [0.15, 0.2) is 78.9 Å². The lowest BCUT2D eigenvalue weighted by atomic mass is 9.98. The Morgan fingerprint density at radius 2 is 1.35 bits per heavy atom. The Kier molecular flexibility index (Phi) is 7.03. The first-order valence-corrected chi connectivity index (χ1v) is 10.4. The molecule has 0 aliphatic carbocycles. The average molecular weight is 529 g/mol. The normalized spacial score (nSPS) is 12.4. The highest BCUT2D eigenvalue weighted by atomic mass is 127. The van der Waals surface area contributed by atoms with Gasteiger partial charge < -0.3 is 10.6 Å². The number of hydrogen-bond acceptors (Lipinski definition) is 4.